The molecule has 7 nitrogen and oxygen atoms in total. The van der Waals surface area contributed by atoms with Gasteiger partial charge in [0.25, 0.3) is 0 Å². The number of nitrogens with one attached hydrogen (secondary N) is 1. The third-order valence-electron chi connectivity index (χ3n) is 4.00. The summed E-state index contributed by atoms with van der Waals surface area (Å²) in [4.78, 5) is 4.57. The highest BCUT2D eigenvalue weighted by Gasteiger charge is 2.37. The average molecular weight is 422 g/mol. The van der Waals surface area contributed by atoms with E-state index in [1.165, 1.54) is 23.5 Å². The number of fused-ring (bicyclic) bond motifs is 1. The fourth-order valence-electron chi connectivity index (χ4n) is 2.76. The van der Waals surface area contributed by atoms with Crippen LogP contribution in [0, 0.1) is 0 Å². The number of aromatic nitrogens is 1. The van der Waals surface area contributed by atoms with E-state index in [1.54, 1.807) is 33.1 Å². The number of methoxy groups -OCH3 is 1. The molecular weight excluding hydrogens is 399 g/mol. The lowest BCUT2D eigenvalue weighted by molar-refractivity contribution is 0.214. The van der Waals surface area contributed by atoms with Crippen molar-refractivity contribution in [1.82, 2.24) is 4.98 Å². The van der Waals surface area contributed by atoms with Gasteiger partial charge in [-0.25, -0.2) is 4.98 Å². The lowest BCUT2D eigenvalue weighted by Gasteiger charge is -2.27. The molecule has 9 heteroatoms. The normalized spacial score (nSPS) is 12.8. The summed E-state index contributed by atoms with van der Waals surface area (Å²) >= 11 is 1.42. The van der Waals surface area contributed by atoms with Crippen LogP contribution in [0.15, 0.2) is 42.5 Å². The Hall–Kier alpha value is -2.12. The second-order valence-electron chi connectivity index (χ2n) is 5.87. The van der Waals surface area contributed by atoms with E-state index in [9.17, 15) is 9.67 Å². The first-order valence-corrected chi connectivity index (χ1v) is 11.3. The molecule has 1 aromatic heterocycles. The molecule has 1 atom stereocenters. The van der Waals surface area contributed by atoms with Crippen molar-refractivity contribution in [2.24, 2.45) is 0 Å². The maximum Gasteiger partial charge on any atom is 0.357 e. The van der Waals surface area contributed by atoms with Crippen LogP contribution in [0.3, 0.4) is 0 Å². The van der Waals surface area contributed by atoms with Gasteiger partial charge in [0, 0.05) is 0 Å². The molecule has 0 aliphatic rings. The van der Waals surface area contributed by atoms with Crippen LogP contribution in [0.25, 0.3) is 10.2 Å². The zero-order valence-corrected chi connectivity index (χ0v) is 17.6. The second-order valence-corrected chi connectivity index (χ2v) is 9.01. The summed E-state index contributed by atoms with van der Waals surface area (Å²) in [6.45, 7) is 4.02. The number of phenols is 1. The smallest absolute Gasteiger partial charge is 0.357 e. The molecule has 2 N–H and O–H groups in total. The predicted octanol–water partition coefficient (Wildman–Crippen LogP) is 5.39. The number of benzene rings is 2. The van der Waals surface area contributed by atoms with Crippen LogP contribution in [-0.4, -0.2) is 30.4 Å². The zero-order valence-electron chi connectivity index (χ0n) is 15.9. The van der Waals surface area contributed by atoms with Crippen molar-refractivity contribution in [3.05, 3.63) is 48.0 Å². The number of hydrogen-bond acceptors (Lipinski definition) is 8. The molecule has 3 rings (SSSR count). The fraction of sp³-hybridized carbons (Fsp3) is 0.316. The van der Waals surface area contributed by atoms with E-state index < -0.39 is 13.4 Å². The van der Waals surface area contributed by atoms with Crippen LogP contribution in [0.4, 0.5) is 5.13 Å². The summed E-state index contributed by atoms with van der Waals surface area (Å²) < 4.78 is 30.8. The minimum absolute atomic E-state index is 0.122. The number of anilines is 1. The number of thiazole rings is 1. The highest BCUT2D eigenvalue weighted by molar-refractivity contribution is 7.54. The third kappa shape index (κ3) is 4.47. The van der Waals surface area contributed by atoms with Gasteiger partial charge < -0.3 is 24.2 Å². The summed E-state index contributed by atoms with van der Waals surface area (Å²) in [6.07, 6.45) is 0. The van der Waals surface area contributed by atoms with E-state index in [4.69, 9.17) is 13.8 Å². The molecule has 0 spiro atoms. The molecule has 0 radical (unpaired) electrons. The molecule has 0 unspecified atom stereocenters. The van der Waals surface area contributed by atoms with Gasteiger partial charge >= 0.3 is 7.60 Å². The highest BCUT2D eigenvalue weighted by Crippen LogP contribution is 2.61. The van der Waals surface area contributed by atoms with Crippen molar-refractivity contribution in [2.45, 2.75) is 19.6 Å². The number of rotatable bonds is 9. The molecule has 0 aliphatic heterocycles. The van der Waals surface area contributed by atoms with Crippen molar-refractivity contribution in [3.63, 3.8) is 0 Å². The van der Waals surface area contributed by atoms with Gasteiger partial charge in [-0.05, 0) is 49.7 Å². The second kappa shape index (κ2) is 8.92. The average Bonchev–Trinajstić information content (AvgIpc) is 3.09. The Bertz CT molecular complexity index is 966. The summed E-state index contributed by atoms with van der Waals surface area (Å²) in [5.41, 5.74) is 1.47. The molecule has 0 saturated heterocycles. The maximum atomic E-state index is 13.5. The summed E-state index contributed by atoms with van der Waals surface area (Å²) in [5, 5.41) is 13.4. The molecule has 0 bridgehead atoms. The molecule has 0 aliphatic carbocycles. The van der Waals surface area contributed by atoms with E-state index >= 15 is 0 Å². The molecule has 2 aromatic carbocycles. The van der Waals surface area contributed by atoms with Crippen molar-refractivity contribution < 1.29 is 23.5 Å². The summed E-state index contributed by atoms with van der Waals surface area (Å²) in [5.74, 6) is 0.0970. The lowest BCUT2D eigenvalue weighted by Crippen LogP contribution is -2.15. The van der Waals surface area contributed by atoms with Gasteiger partial charge in [0.1, 0.15) is 11.5 Å². The van der Waals surface area contributed by atoms with Crippen LogP contribution in [-0.2, 0) is 13.6 Å². The standard InChI is InChI=1S/C19H23N2O5PS/c1-4-25-27(23,26-5-2)18(13-6-8-14(22)9-7-13)21-19-20-16-11-10-15(24-3)12-17(16)28-19/h6-12,18,22H,4-5H2,1-3H3,(H,20,21)/t18-/m1/s1. The Balaban J connectivity index is 2.01. The first kappa shape index (κ1) is 20.6. The van der Waals surface area contributed by atoms with E-state index in [1.807, 2.05) is 18.2 Å². The Morgan fingerprint density at radius 1 is 1.14 bits per heavy atom. The Morgan fingerprint density at radius 3 is 2.43 bits per heavy atom. The quantitative estimate of drug-likeness (QED) is 0.447. The molecular formula is C19H23N2O5PS. The Labute approximate surface area is 167 Å². The zero-order chi connectivity index (χ0) is 20.1. The summed E-state index contributed by atoms with van der Waals surface area (Å²) in [7, 11) is -1.93. The molecule has 150 valence electrons. The maximum absolute atomic E-state index is 13.5. The van der Waals surface area contributed by atoms with Crippen LogP contribution < -0.4 is 10.1 Å². The van der Waals surface area contributed by atoms with Crippen molar-refractivity contribution in [3.8, 4) is 11.5 Å². The van der Waals surface area contributed by atoms with E-state index in [0.717, 1.165) is 16.0 Å². The number of aromatic hydroxyl groups is 1. The summed E-state index contributed by atoms with van der Waals surface area (Å²) in [6, 6.07) is 12.1. The van der Waals surface area contributed by atoms with E-state index in [-0.39, 0.29) is 19.0 Å². The molecule has 3 aromatic rings. The van der Waals surface area contributed by atoms with Crippen molar-refractivity contribution in [2.75, 3.05) is 25.6 Å². The number of nitrogens with zero attached hydrogens (tertiary/aromatic N) is 1. The van der Waals surface area contributed by atoms with Gasteiger partial charge in [-0.15, -0.1) is 0 Å². The third-order valence-corrected chi connectivity index (χ3v) is 7.24. The molecule has 28 heavy (non-hydrogen) atoms. The molecule has 0 fully saturated rings. The van der Waals surface area contributed by atoms with E-state index in [0.29, 0.717) is 10.7 Å². The predicted molar refractivity (Wildman–Crippen MR) is 112 cm³/mol. The van der Waals surface area contributed by atoms with Gasteiger partial charge in [0.05, 0.1) is 30.5 Å². The van der Waals surface area contributed by atoms with Crippen LogP contribution in [0.5, 0.6) is 11.5 Å². The molecule has 0 amide bonds. The minimum Gasteiger partial charge on any atom is -0.508 e. The Morgan fingerprint density at radius 2 is 1.82 bits per heavy atom. The van der Waals surface area contributed by atoms with Crippen molar-refractivity contribution >= 4 is 34.3 Å². The van der Waals surface area contributed by atoms with Gasteiger partial charge in [-0.2, -0.15) is 0 Å². The van der Waals surface area contributed by atoms with Gasteiger partial charge in [0.2, 0.25) is 0 Å². The van der Waals surface area contributed by atoms with Crippen LogP contribution >= 0.6 is 18.9 Å². The van der Waals surface area contributed by atoms with Crippen molar-refractivity contribution in [1.29, 1.82) is 0 Å². The largest absolute Gasteiger partial charge is 0.508 e. The van der Waals surface area contributed by atoms with Gasteiger partial charge in [0.15, 0.2) is 10.9 Å². The topological polar surface area (TPSA) is 89.9 Å². The lowest BCUT2D eigenvalue weighted by atomic mass is 10.2. The van der Waals surface area contributed by atoms with Gasteiger partial charge in [-0.1, -0.05) is 23.5 Å². The van der Waals surface area contributed by atoms with E-state index in [2.05, 4.69) is 10.3 Å². The number of ether oxygens (including phenoxy) is 1. The fourth-order valence-corrected chi connectivity index (χ4v) is 5.68. The monoisotopic (exact) mass is 422 g/mol. The van der Waals surface area contributed by atoms with Crippen LogP contribution in [0.2, 0.25) is 0 Å². The first-order chi connectivity index (χ1) is 13.5. The Kier molecular flexibility index (Phi) is 6.57. The SMILES string of the molecule is CCOP(=O)(OCC)[C@@H](Nc1nc2ccc(OC)cc2s1)c1ccc(O)cc1. The number of phenolic OH excluding ortho intramolecular Hbond substituents is 1. The van der Waals surface area contributed by atoms with Crippen LogP contribution in [0.1, 0.15) is 25.2 Å². The minimum atomic E-state index is -3.54. The first-order valence-electron chi connectivity index (χ1n) is 8.88. The van der Waals surface area contributed by atoms with Gasteiger partial charge in [-0.3, -0.25) is 4.57 Å². The number of hydrogen-bond donors (Lipinski definition) is 2. The molecule has 1 heterocycles. The highest BCUT2D eigenvalue weighted by atomic mass is 32.1. The molecule has 0 saturated carbocycles.